The van der Waals surface area contributed by atoms with Crippen molar-refractivity contribution in [1.29, 1.82) is 0 Å². The molecule has 1 amide bonds. The van der Waals surface area contributed by atoms with Crippen LogP contribution in [-0.2, 0) is 4.79 Å². The second-order valence-corrected chi connectivity index (χ2v) is 5.46. The maximum absolute atomic E-state index is 12.7. The van der Waals surface area contributed by atoms with Crippen LogP contribution in [-0.4, -0.2) is 23.3 Å². The van der Waals surface area contributed by atoms with Crippen molar-refractivity contribution in [2.75, 3.05) is 12.3 Å². The minimum absolute atomic E-state index is 0.129. The van der Waals surface area contributed by atoms with E-state index >= 15 is 0 Å². The van der Waals surface area contributed by atoms with E-state index in [9.17, 15) is 14.3 Å². The van der Waals surface area contributed by atoms with Gasteiger partial charge in [-0.1, -0.05) is 0 Å². The lowest BCUT2D eigenvalue weighted by Gasteiger charge is -2.09. The smallest absolute Gasteiger partial charge is 0.230 e. The molecule has 4 nitrogen and oxygen atoms in total. The van der Waals surface area contributed by atoms with Gasteiger partial charge in [0.1, 0.15) is 17.7 Å². The van der Waals surface area contributed by atoms with Gasteiger partial charge in [0, 0.05) is 11.4 Å². The van der Waals surface area contributed by atoms with Gasteiger partial charge in [-0.05, 0) is 42.8 Å². The molecule has 0 radical (unpaired) electrons. The molecule has 1 aromatic carbocycles. The third-order valence-corrected chi connectivity index (χ3v) is 3.81. The van der Waals surface area contributed by atoms with Gasteiger partial charge in [0.15, 0.2) is 0 Å². The van der Waals surface area contributed by atoms with E-state index in [4.69, 9.17) is 4.42 Å². The number of furan rings is 1. The first-order valence-corrected chi connectivity index (χ1v) is 7.50. The number of halogens is 1. The zero-order chi connectivity index (χ0) is 15.1. The van der Waals surface area contributed by atoms with Crippen LogP contribution in [0.3, 0.4) is 0 Å². The molecule has 2 rings (SSSR count). The highest BCUT2D eigenvalue weighted by Gasteiger charge is 2.10. The highest BCUT2D eigenvalue weighted by atomic mass is 32.2. The molecule has 112 valence electrons. The number of benzene rings is 1. The summed E-state index contributed by atoms with van der Waals surface area (Å²) in [6.45, 7) is 0.366. The molecule has 1 heterocycles. The lowest BCUT2D eigenvalue weighted by Crippen LogP contribution is -2.27. The van der Waals surface area contributed by atoms with Crippen LogP contribution >= 0.6 is 11.8 Å². The molecule has 21 heavy (non-hydrogen) atoms. The Kier molecular flexibility index (Phi) is 5.83. The lowest BCUT2D eigenvalue weighted by molar-refractivity contribution is -0.118. The number of amides is 1. The summed E-state index contributed by atoms with van der Waals surface area (Å²) < 4.78 is 17.8. The Balaban J connectivity index is 1.64. The predicted octanol–water partition coefficient (Wildman–Crippen LogP) is 2.75. The highest BCUT2D eigenvalue weighted by molar-refractivity contribution is 8.00. The summed E-state index contributed by atoms with van der Waals surface area (Å²) in [5.41, 5.74) is 0. The first-order chi connectivity index (χ1) is 10.1. The van der Waals surface area contributed by atoms with Crippen LogP contribution in [0.5, 0.6) is 0 Å². The first kappa shape index (κ1) is 15.6. The molecule has 0 aliphatic carbocycles. The van der Waals surface area contributed by atoms with Gasteiger partial charge < -0.3 is 14.8 Å². The molecular formula is C15H16FNO3S. The van der Waals surface area contributed by atoms with Crippen LogP contribution in [0.1, 0.15) is 18.3 Å². The van der Waals surface area contributed by atoms with Crippen molar-refractivity contribution in [3.63, 3.8) is 0 Å². The summed E-state index contributed by atoms with van der Waals surface area (Å²) in [6, 6.07) is 9.38. The van der Waals surface area contributed by atoms with Gasteiger partial charge in [-0.25, -0.2) is 4.39 Å². The summed E-state index contributed by atoms with van der Waals surface area (Å²) in [5.74, 6) is 0.319. The van der Waals surface area contributed by atoms with E-state index in [1.807, 2.05) is 0 Å². The molecule has 2 aromatic rings. The minimum atomic E-state index is -0.718. The number of hydrogen-bond donors (Lipinski definition) is 2. The van der Waals surface area contributed by atoms with Crippen molar-refractivity contribution < 1.29 is 18.7 Å². The van der Waals surface area contributed by atoms with E-state index in [1.165, 1.54) is 30.2 Å². The van der Waals surface area contributed by atoms with E-state index in [0.29, 0.717) is 18.7 Å². The fourth-order valence-corrected chi connectivity index (χ4v) is 2.43. The number of carbonyl (C=O) groups is 1. The van der Waals surface area contributed by atoms with Crippen molar-refractivity contribution in [2.45, 2.75) is 17.4 Å². The number of aliphatic hydroxyl groups is 1. The molecule has 1 atom stereocenters. The maximum Gasteiger partial charge on any atom is 0.230 e. The topological polar surface area (TPSA) is 62.5 Å². The normalized spacial score (nSPS) is 12.1. The van der Waals surface area contributed by atoms with Gasteiger partial charge in [0.2, 0.25) is 5.91 Å². The van der Waals surface area contributed by atoms with E-state index in [0.717, 1.165) is 4.90 Å². The van der Waals surface area contributed by atoms with E-state index in [-0.39, 0.29) is 17.5 Å². The summed E-state index contributed by atoms with van der Waals surface area (Å²) in [7, 11) is 0. The number of hydrogen-bond acceptors (Lipinski definition) is 4. The van der Waals surface area contributed by atoms with Gasteiger partial charge in [-0.3, -0.25) is 4.79 Å². The highest BCUT2D eigenvalue weighted by Crippen LogP contribution is 2.18. The Labute approximate surface area is 126 Å². The second kappa shape index (κ2) is 7.85. The molecule has 1 aromatic heterocycles. The van der Waals surface area contributed by atoms with Gasteiger partial charge in [0.05, 0.1) is 12.0 Å². The lowest BCUT2D eigenvalue weighted by atomic mass is 10.2. The molecule has 2 N–H and O–H groups in total. The number of aliphatic hydroxyl groups excluding tert-OH is 1. The zero-order valence-corrected chi connectivity index (χ0v) is 12.1. The third kappa shape index (κ3) is 5.24. The Morgan fingerprint density at radius 1 is 1.33 bits per heavy atom. The molecule has 0 aliphatic rings. The second-order valence-electron chi connectivity index (χ2n) is 4.41. The van der Waals surface area contributed by atoms with E-state index < -0.39 is 6.10 Å². The van der Waals surface area contributed by atoms with Crippen molar-refractivity contribution in [2.24, 2.45) is 0 Å². The average Bonchev–Trinajstić information content (AvgIpc) is 3.01. The first-order valence-electron chi connectivity index (χ1n) is 6.51. The van der Waals surface area contributed by atoms with Crippen molar-refractivity contribution in [3.8, 4) is 0 Å². The third-order valence-electron chi connectivity index (χ3n) is 2.80. The maximum atomic E-state index is 12.7. The van der Waals surface area contributed by atoms with Crippen LogP contribution in [0.4, 0.5) is 4.39 Å². The van der Waals surface area contributed by atoms with Gasteiger partial charge >= 0.3 is 0 Å². The van der Waals surface area contributed by atoms with Crippen LogP contribution in [0.2, 0.25) is 0 Å². The fraction of sp³-hybridized carbons (Fsp3) is 0.267. The number of carbonyl (C=O) groups excluding carboxylic acids is 1. The van der Waals surface area contributed by atoms with Crippen LogP contribution in [0.25, 0.3) is 0 Å². The van der Waals surface area contributed by atoms with Crippen molar-refractivity contribution in [3.05, 3.63) is 54.2 Å². The predicted molar refractivity (Wildman–Crippen MR) is 78.4 cm³/mol. The Bertz CT molecular complexity index is 557. The van der Waals surface area contributed by atoms with Crippen LogP contribution in [0.15, 0.2) is 52.0 Å². The van der Waals surface area contributed by atoms with Crippen molar-refractivity contribution in [1.82, 2.24) is 5.32 Å². The molecule has 1 unspecified atom stereocenters. The Hall–Kier alpha value is -1.79. The monoisotopic (exact) mass is 309 g/mol. The number of rotatable bonds is 7. The zero-order valence-electron chi connectivity index (χ0n) is 11.3. The number of thioether (sulfide) groups is 1. The van der Waals surface area contributed by atoms with Gasteiger partial charge in [-0.2, -0.15) is 0 Å². The quantitative estimate of drug-likeness (QED) is 0.772. The number of nitrogens with one attached hydrogen (secondary N) is 1. The molecule has 0 spiro atoms. The summed E-state index contributed by atoms with van der Waals surface area (Å²) in [4.78, 5) is 12.5. The van der Waals surface area contributed by atoms with Crippen molar-refractivity contribution >= 4 is 17.7 Å². The fourth-order valence-electron chi connectivity index (χ4n) is 1.70. The summed E-state index contributed by atoms with van der Waals surface area (Å²) >= 11 is 1.33. The Morgan fingerprint density at radius 2 is 2.10 bits per heavy atom. The minimum Gasteiger partial charge on any atom is -0.467 e. The average molecular weight is 309 g/mol. The molecular weight excluding hydrogens is 293 g/mol. The molecule has 0 fully saturated rings. The standard InChI is InChI=1S/C15H16FNO3S/c16-11-3-5-12(6-4-11)21-10-15(19)17-8-7-13(18)14-2-1-9-20-14/h1-6,9,13,18H,7-8,10H2,(H,17,19). The van der Waals surface area contributed by atoms with Gasteiger partial charge in [0.25, 0.3) is 0 Å². The van der Waals surface area contributed by atoms with Gasteiger partial charge in [-0.15, -0.1) is 11.8 Å². The van der Waals surface area contributed by atoms with E-state index in [1.54, 1.807) is 24.3 Å². The Morgan fingerprint density at radius 3 is 2.76 bits per heavy atom. The van der Waals surface area contributed by atoms with Crippen LogP contribution < -0.4 is 5.32 Å². The molecule has 6 heteroatoms. The van der Waals surface area contributed by atoms with E-state index in [2.05, 4.69) is 5.32 Å². The SMILES string of the molecule is O=C(CSc1ccc(F)cc1)NCCC(O)c1ccco1. The molecule has 0 saturated heterocycles. The molecule has 0 saturated carbocycles. The van der Waals surface area contributed by atoms with Crippen LogP contribution in [0, 0.1) is 5.82 Å². The summed E-state index contributed by atoms with van der Waals surface area (Å²) in [6.07, 6.45) is 1.17. The molecule has 0 aliphatic heterocycles. The largest absolute Gasteiger partial charge is 0.467 e. The summed E-state index contributed by atoms with van der Waals surface area (Å²) in [5, 5.41) is 12.5. The molecule has 0 bridgehead atoms.